The third kappa shape index (κ3) is 4.21. The Balaban J connectivity index is 1.82. The molecule has 9 heteroatoms. The Labute approximate surface area is 150 Å². The largest absolute Gasteiger partial charge is 0.481 e. The highest BCUT2D eigenvalue weighted by molar-refractivity contribution is 8.16. The number of thioether (sulfide) groups is 1. The maximum atomic E-state index is 12.1. The molecule has 0 spiro atoms. The molecule has 0 bridgehead atoms. The lowest BCUT2D eigenvalue weighted by atomic mass is 10.2. The zero-order valence-corrected chi connectivity index (χ0v) is 15.0. The van der Waals surface area contributed by atoms with Gasteiger partial charge in [-0.15, -0.1) is 0 Å². The van der Waals surface area contributed by atoms with Crippen molar-refractivity contribution in [3.8, 4) is 0 Å². The summed E-state index contributed by atoms with van der Waals surface area (Å²) in [6.07, 6.45) is 0.227. The summed E-state index contributed by atoms with van der Waals surface area (Å²) < 4.78 is 23.9. The zero-order chi connectivity index (χ0) is 18.0. The molecule has 3 rings (SSSR count). The van der Waals surface area contributed by atoms with Gasteiger partial charge in [-0.1, -0.05) is 30.0 Å². The molecule has 2 saturated heterocycles. The van der Waals surface area contributed by atoms with Crippen LogP contribution >= 0.6 is 11.8 Å². The first kappa shape index (κ1) is 17.9. The Hall–Kier alpha value is -1.87. The van der Waals surface area contributed by atoms with E-state index in [0.29, 0.717) is 5.17 Å². The number of para-hydroxylation sites is 1. The van der Waals surface area contributed by atoms with E-state index in [-0.39, 0.29) is 48.0 Å². The minimum atomic E-state index is -3.09. The van der Waals surface area contributed by atoms with E-state index in [2.05, 4.69) is 4.99 Å². The molecule has 25 heavy (non-hydrogen) atoms. The Morgan fingerprint density at radius 3 is 2.60 bits per heavy atom. The zero-order valence-electron chi connectivity index (χ0n) is 13.4. The molecule has 0 unspecified atom stereocenters. The fourth-order valence-electron chi connectivity index (χ4n) is 3.01. The number of benzene rings is 1. The molecule has 2 aliphatic rings. The second-order valence-corrected chi connectivity index (χ2v) is 9.40. The van der Waals surface area contributed by atoms with Gasteiger partial charge in [-0.25, -0.2) is 8.42 Å². The first-order valence-electron chi connectivity index (χ1n) is 7.90. The Bertz CT molecular complexity index is 807. The van der Waals surface area contributed by atoms with Crippen LogP contribution in [0, 0.1) is 0 Å². The standard InChI is InChI=1S/C16H18N2O5S2/c19-14(7-4-8-15(20)21)17-16-18(11-5-2-1-3-6-11)12-9-25(22,23)10-13(12)24-16/h1-3,5-6,12-13H,4,7-10H2,(H,20,21)/t12-,13-/m1/s1. The summed E-state index contributed by atoms with van der Waals surface area (Å²) in [5.74, 6) is -1.20. The Kier molecular flexibility index (Phi) is 5.14. The molecule has 1 amide bonds. The van der Waals surface area contributed by atoms with Crippen molar-refractivity contribution in [3.63, 3.8) is 0 Å². The van der Waals surface area contributed by atoms with E-state index in [0.717, 1.165) is 5.69 Å². The van der Waals surface area contributed by atoms with Gasteiger partial charge in [0, 0.05) is 23.8 Å². The number of carbonyl (C=O) groups is 2. The monoisotopic (exact) mass is 382 g/mol. The topological polar surface area (TPSA) is 104 Å². The van der Waals surface area contributed by atoms with Gasteiger partial charge >= 0.3 is 5.97 Å². The molecule has 7 nitrogen and oxygen atoms in total. The third-order valence-corrected chi connectivity index (χ3v) is 7.31. The second-order valence-electron chi connectivity index (χ2n) is 6.04. The van der Waals surface area contributed by atoms with E-state index in [9.17, 15) is 18.0 Å². The van der Waals surface area contributed by atoms with Crippen molar-refractivity contribution in [2.24, 2.45) is 4.99 Å². The van der Waals surface area contributed by atoms with E-state index < -0.39 is 15.8 Å². The summed E-state index contributed by atoms with van der Waals surface area (Å²) >= 11 is 1.31. The number of fused-ring (bicyclic) bond motifs is 1. The quantitative estimate of drug-likeness (QED) is 0.824. The molecule has 1 aromatic carbocycles. The second kappa shape index (κ2) is 7.17. The Morgan fingerprint density at radius 1 is 1.20 bits per heavy atom. The first-order valence-corrected chi connectivity index (χ1v) is 10.6. The molecule has 1 aromatic rings. The lowest BCUT2D eigenvalue weighted by molar-refractivity contribution is -0.137. The summed E-state index contributed by atoms with van der Waals surface area (Å²) in [5, 5.41) is 9.00. The van der Waals surface area contributed by atoms with Crippen LogP contribution in [0.4, 0.5) is 5.69 Å². The van der Waals surface area contributed by atoms with E-state index in [1.54, 1.807) is 0 Å². The van der Waals surface area contributed by atoms with Gasteiger partial charge in [0.15, 0.2) is 15.0 Å². The highest BCUT2D eigenvalue weighted by Crippen LogP contribution is 2.40. The summed E-state index contributed by atoms with van der Waals surface area (Å²) in [7, 11) is -3.09. The highest BCUT2D eigenvalue weighted by Gasteiger charge is 2.49. The number of amidine groups is 1. The summed E-state index contributed by atoms with van der Waals surface area (Å²) in [6, 6.07) is 9.05. The molecular weight excluding hydrogens is 364 g/mol. The molecule has 0 saturated carbocycles. The molecule has 134 valence electrons. The number of carbonyl (C=O) groups excluding carboxylic acids is 1. The number of sulfone groups is 1. The number of carboxylic acids is 1. The van der Waals surface area contributed by atoms with E-state index in [1.807, 2.05) is 35.2 Å². The van der Waals surface area contributed by atoms with Crippen molar-refractivity contribution in [2.45, 2.75) is 30.6 Å². The minimum absolute atomic E-state index is 0.0474. The lowest BCUT2D eigenvalue weighted by Gasteiger charge is -2.24. The molecule has 2 atom stereocenters. The van der Waals surface area contributed by atoms with Crippen LogP contribution in [0.1, 0.15) is 19.3 Å². The molecule has 2 aliphatic heterocycles. The van der Waals surface area contributed by atoms with Crippen molar-refractivity contribution >= 4 is 44.3 Å². The third-order valence-electron chi connectivity index (χ3n) is 4.10. The molecule has 0 aromatic heterocycles. The average molecular weight is 382 g/mol. The van der Waals surface area contributed by atoms with E-state index in [4.69, 9.17) is 5.11 Å². The van der Waals surface area contributed by atoms with Crippen LogP contribution in [0.2, 0.25) is 0 Å². The van der Waals surface area contributed by atoms with Gasteiger partial charge in [0.25, 0.3) is 0 Å². The van der Waals surface area contributed by atoms with Crippen LogP contribution in [0.5, 0.6) is 0 Å². The number of rotatable bonds is 5. The van der Waals surface area contributed by atoms with Gasteiger partial charge < -0.3 is 10.0 Å². The van der Waals surface area contributed by atoms with Crippen LogP contribution in [0.25, 0.3) is 0 Å². The SMILES string of the molecule is O=C(O)CCCC(=O)N=C1S[C@@H]2CS(=O)(=O)C[C@H]2N1c1ccccc1. The van der Waals surface area contributed by atoms with E-state index >= 15 is 0 Å². The van der Waals surface area contributed by atoms with Crippen molar-refractivity contribution in [1.29, 1.82) is 0 Å². The molecular formula is C16H18N2O5S2. The number of carboxylic acid groups (broad SMARTS) is 1. The fourth-order valence-corrected chi connectivity index (χ4v) is 6.94. The van der Waals surface area contributed by atoms with Gasteiger partial charge in [-0.2, -0.15) is 4.99 Å². The molecule has 1 N–H and O–H groups in total. The van der Waals surface area contributed by atoms with Gasteiger partial charge in [0.05, 0.1) is 17.5 Å². The number of nitrogens with zero attached hydrogens (tertiary/aromatic N) is 2. The summed E-state index contributed by atoms with van der Waals surface area (Å²) in [6.45, 7) is 0. The molecule has 0 radical (unpaired) electrons. The first-order chi connectivity index (χ1) is 11.9. The molecule has 2 fully saturated rings. The Morgan fingerprint density at radius 2 is 1.92 bits per heavy atom. The number of hydrogen-bond donors (Lipinski definition) is 1. The van der Waals surface area contributed by atoms with Crippen molar-refractivity contribution in [1.82, 2.24) is 0 Å². The van der Waals surface area contributed by atoms with Crippen LogP contribution in [-0.2, 0) is 19.4 Å². The van der Waals surface area contributed by atoms with Crippen LogP contribution in [-0.4, -0.2) is 53.4 Å². The van der Waals surface area contributed by atoms with E-state index in [1.165, 1.54) is 11.8 Å². The molecule has 2 heterocycles. The lowest BCUT2D eigenvalue weighted by Crippen LogP contribution is -2.37. The number of anilines is 1. The predicted octanol–water partition coefficient (Wildman–Crippen LogP) is 1.54. The van der Waals surface area contributed by atoms with Crippen molar-refractivity contribution in [2.75, 3.05) is 16.4 Å². The number of hydrogen-bond acceptors (Lipinski definition) is 5. The van der Waals surface area contributed by atoms with Gasteiger partial charge in [0.1, 0.15) is 0 Å². The van der Waals surface area contributed by atoms with Crippen LogP contribution in [0.3, 0.4) is 0 Å². The van der Waals surface area contributed by atoms with Gasteiger partial charge in [-0.05, 0) is 18.6 Å². The smallest absolute Gasteiger partial charge is 0.303 e. The van der Waals surface area contributed by atoms with Gasteiger partial charge in [-0.3, -0.25) is 9.59 Å². The maximum Gasteiger partial charge on any atom is 0.303 e. The van der Waals surface area contributed by atoms with Crippen LogP contribution in [0.15, 0.2) is 35.3 Å². The normalized spacial score (nSPS) is 25.9. The fraction of sp³-hybridized carbons (Fsp3) is 0.438. The maximum absolute atomic E-state index is 12.1. The average Bonchev–Trinajstić information content (AvgIpc) is 2.98. The number of amides is 1. The number of aliphatic imine (C=N–C) groups is 1. The highest BCUT2D eigenvalue weighted by atomic mass is 32.2. The van der Waals surface area contributed by atoms with Crippen molar-refractivity contribution < 1.29 is 23.1 Å². The molecule has 0 aliphatic carbocycles. The number of aliphatic carboxylic acids is 1. The predicted molar refractivity (Wildman–Crippen MR) is 96.7 cm³/mol. The summed E-state index contributed by atoms with van der Waals surface area (Å²) in [4.78, 5) is 28.6. The van der Waals surface area contributed by atoms with Crippen LogP contribution < -0.4 is 4.90 Å². The van der Waals surface area contributed by atoms with Crippen molar-refractivity contribution in [3.05, 3.63) is 30.3 Å². The van der Waals surface area contributed by atoms with Gasteiger partial charge in [0.2, 0.25) is 5.91 Å². The summed E-state index contributed by atoms with van der Waals surface area (Å²) in [5.41, 5.74) is 0.802. The minimum Gasteiger partial charge on any atom is -0.481 e.